The Labute approximate surface area is 193 Å². The third-order valence-corrected chi connectivity index (χ3v) is 4.62. The molecule has 0 fully saturated rings. The predicted octanol–water partition coefficient (Wildman–Crippen LogP) is 5.72. The van der Waals surface area contributed by atoms with Gasteiger partial charge in [0.15, 0.2) is 11.6 Å². The Bertz CT molecular complexity index is 1070. The predicted molar refractivity (Wildman–Crippen MR) is 128 cm³/mol. The van der Waals surface area contributed by atoms with E-state index in [1.54, 1.807) is 26.8 Å². The quantitative estimate of drug-likeness (QED) is 0.357. The van der Waals surface area contributed by atoms with Gasteiger partial charge in [0, 0.05) is 16.7 Å². The van der Waals surface area contributed by atoms with Gasteiger partial charge in [-0.1, -0.05) is 60.7 Å². The fourth-order valence-electron chi connectivity index (χ4n) is 3.11. The van der Waals surface area contributed by atoms with E-state index in [2.05, 4.69) is 15.8 Å². The van der Waals surface area contributed by atoms with Crippen LogP contribution in [0.4, 0.5) is 14.9 Å². The van der Waals surface area contributed by atoms with Gasteiger partial charge in [0.2, 0.25) is 0 Å². The van der Waals surface area contributed by atoms with Crippen LogP contribution in [0.1, 0.15) is 37.5 Å². The first-order valence-corrected chi connectivity index (χ1v) is 10.6. The first kappa shape index (κ1) is 23.8. The zero-order chi connectivity index (χ0) is 23.8. The molecule has 6 nitrogen and oxygen atoms in total. The minimum atomic E-state index is -0.664. The summed E-state index contributed by atoms with van der Waals surface area (Å²) in [5.41, 5.74) is 5.40. The molecule has 0 radical (unpaired) electrons. The van der Waals surface area contributed by atoms with Gasteiger partial charge in [-0.25, -0.2) is 9.18 Å². The highest BCUT2D eigenvalue weighted by Gasteiger charge is 2.19. The van der Waals surface area contributed by atoms with Gasteiger partial charge in [0.1, 0.15) is 5.60 Å². The zero-order valence-electron chi connectivity index (χ0n) is 19.2. The number of carbonyl (C=O) groups excluding carboxylic acids is 1. The van der Waals surface area contributed by atoms with E-state index in [0.717, 1.165) is 11.1 Å². The van der Waals surface area contributed by atoms with Crippen LogP contribution >= 0.6 is 0 Å². The first-order valence-electron chi connectivity index (χ1n) is 10.6. The number of hydrogen-bond acceptors (Lipinski definition) is 5. The summed E-state index contributed by atoms with van der Waals surface area (Å²) < 4.78 is 25.5. The number of anilines is 1. The lowest BCUT2D eigenvalue weighted by molar-refractivity contribution is 0.0523. The van der Waals surface area contributed by atoms with Gasteiger partial charge in [-0.15, -0.1) is 0 Å². The Hall–Kier alpha value is -3.87. The molecular formula is C26H28FN3O3. The molecule has 2 N–H and O–H groups in total. The summed E-state index contributed by atoms with van der Waals surface area (Å²) in [5.74, 6) is -0.522. The van der Waals surface area contributed by atoms with Crippen molar-refractivity contribution in [2.24, 2.45) is 5.10 Å². The summed E-state index contributed by atoms with van der Waals surface area (Å²) in [4.78, 5) is 12.1. The van der Waals surface area contributed by atoms with Gasteiger partial charge < -0.3 is 14.8 Å². The van der Waals surface area contributed by atoms with E-state index >= 15 is 4.39 Å². The van der Waals surface area contributed by atoms with Crippen molar-refractivity contribution in [1.82, 2.24) is 5.32 Å². The number of benzene rings is 3. The number of hydrazone groups is 1. The Kier molecular flexibility index (Phi) is 7.66. The number of carbonyl (C=O) groups is 1. The minimum absolute atomic E-state index is 0.0665. The lowest BCUT2D eigenvalue weighted by Crippen LogP contribution is -2.32. The molecule has 0 bridgehead atoms. The third-order valence-electron chi connectivity index (χ3n) is 4.62. The van der Waals surface area contributed by atoms with Crippen LogP contribution in [0.25, 0.3) is 0 Å². The van der Waals surface area contributed by atoms with Gasteiger partial charge in [-0.2, -0.15) is 5.10 Å². The van der Waals surface area contributed by atoms with Crippen molar-refractivity contribution >= 4 is 17.5 Å². The second-order valence-electron chi connectivity index (χ2n) is 8.27. The second-order valence-corrected chi connectivity index (χ2v) is 8.27. The molecule has 3 rings (SSSR count). The molecule has 3 aromatic rings. The summed E-state index contributed by atoms with van der Waals surface area (Å²) >= 11 is 0. The van der Waals surface area contributed by atoms with Crippen molar-refractivity contribution in [3.63, 3.8) is 0 Å². The molecule has 33 heavy (non-hydrogen) atoms. The molecular weight excluding hydrogens is 421 g/mol. The van der Waals surface area contributed by atoms with Crippen molar-refractivity contribution in [3.05, 3.63) is 95.3 Å². The number of amides is 1. The van der Waals surface area contributed by atoms with E-state index in [9.17, 15) is 4.79 Å². The molecule has 0 saturated heterocycles. The van der Waals surface area contributed by atoms with E-state index in [1.165, 1.54) is 13.2 Å². The molecule has 1 amide bonds. The monoisotopic (exact) mass is 449 g/mol. The van der Waals surface area contributed by atoms with Gasteiger partial charge in [0.25, 0.3) is 0 Å². The molecule has 0 aliphatic heterocycles. The molecule has 0 aliphatic rings. The topological polar surface area (TPSA) is 72.0 Å². The molecule has 0 aromatic heterocycles. The van der Waals surface area contributed by atoms with Crippen LogP contribution in [-0.4, -0.2) is 24.5 Å². The van der Waals surface area contributed by atoms with E-state index in [0.29, 0.717) is 11.4 Å². The zero-order valence-corrected chi connectivity index (χ0v) is 19.2. The van der Waals surface area contributed by atoms with Gasteiger partial charge >= 0.3 is 6.09 Å². The number of rotatable bonds is 7. The standard InChI is InChI=1S/C26H28FN3O3/c1-26(2,3)33-25(31)28-17-20-21(15-16-22(32-4)23(20)27)29-30-24(18-11-7-5-8-12-18)19-13-9-6-10-14-19/h5-16,29H,17H2,1-4H3,(H,28,31). The van der Waals surface area contributed by atoms with Crippen LogP contribution in [0.5, 0.6) is 5.75 Å². The summed E-state index contributed by atoms with van der Waals surface area (Å²) in [6.45, 7) is 5.17. The number of ether oxygens (including phenoxy) is 2. The molecule has 0 heterocycles. The normalized spacial score (nSPS) is 10.8. The Morgan fingerprint density at radius 1 is 0.939 bits per heavy atom. The van der Waals surface area contributed by atoms with Crippen LogP contribution in [0, 0.1) is 5.82 Å². The molecule has 7 heteroatoms. The smallest absolute Gasteiger partial charge is 0.407 e. The molecule has 0 saturated carbocycles. The maximum atomic E-state index is 15.1. The number of alkyl carbamates (subject to hydrolysis) is 1. The van der Waals surface area contributed by atoms with Crippen molar-refractivity contribution in [2.75, 3.05) is 12.5 Å². The summed E-state index contributed by atoms with van der Waals surface area (Å²) in [6, 6.07) is 22.5. The van der Waals surface area contributed by atoms with Crippen LogP contribution < -0.4 is 15.5 Å². The minimum Gasteiger partial charge on any atom is -0.494 e. The van der Waals surface area contributed by atoms with Crippen LogP contribution in [0.15, 0.2) is 77.9 Å². The molecule has 0 atom stereocenters. The van der Waals surface area contributed by atoms with E-state index in [-0.39, 0.29) is 17.9 Å². The van der Waals surface area contributed by atoms with Crippen molar-refractivity contribution < 1.29 is 18.7 Å². The second kappa shape index (κ2) is 10.6. The highest BCUT2D eigenvalue weighted by atomic mass is 19.1. The fraction of sp³-hybridized carbons (Fsp3) is 0.231. The Morgan fingerprint density at radius 3 is 2.03 bits per heavy atom. The number of nitrogens with one attached hydrogen (secondary N) is 2. The molecule has 0 unspecified atom stereocenters. The summed E-state index contributed by atoms with van der Waals surface area (Å²) in [5, 5.41) is 7.19. The largest absolute Gasteiger partial charge is 0.494 e. The molecule has 0 aliphatic carbocycles. The van der Waals surface area contributed by atoms with Gasteiger partial charge in [-0.05, 0) is 32.9 Å². The van der Waals surface area contributed by atoms with Crippen LogP contribution in [-0.2, 0) is 11.3 Å². The van der Waals surface area contributed by atoms with Crippen LogP contribution in [0.2, 0.25) is 0 Å². The highest BCUT2D eigenvalue weighted by Crippen LogP contribution is 2.28. The molecule has 172 valence electrons. The number of nitrogens with zero attached hydrogens (tertiary/aromatic N) is 1. The van der Waals surface area contributed by atoms with Crippen LogP contribution in [0.3, 0.4) is 0 Å². The average molecular weight is 450 g/mol. The van der Waals surface area contributed by atoms with Crippen molar-refractivity contribution in [3.8, 4) is 5.75 Å². The average Bonchev–Trinajstić information content (AvgIpc) is 2.79. The maximum Gasteiger partial charge on any atom is 0.407 e. The highest BCUT2D eigenvalue weighted by molar-refractivity contribution is 6.13. The van der Waals surface area contributed by atoms with Crippen molar-refractivity contribution in [2.45, 2.75) is 32.9 Å². The first-order chi connectivity index (χ1) is 15.8. The van der Waals surface area contributed by atoms with E-state index in [1.807, 2.05) is 60.7 Å². The third kappa shape index (κ3) is 6.55. The lowest BCUT2D eigenvalue weighted by Gasteiger charge is -2.20. The SMILES string of the molecule is COc1ccc(NN=C(c2ccccc2)c2ccccc2)c(CNC(=O)OC(C)(C)C)c1F. The number of methoxy groups -OCH3 is 1. The number of halogens is 1. The van der Waals surface area contributed by atoms with E-state index < -0.39 is 17.5 Å². The lowest BCUT2D eigenvalue weighted by atomic mass is 10.0. The fourth-order valence-corrected chi connectivity index (χ4v) is 3.11. The number of hydrogen-bond donors (Lipinski definition) is 2. The summed E-state index contributed by atoms with van der Waals surface area (Å²) in [6.07, 6.45) is -0.645. The Morgan fingerprint density at radius 2 is 1.52 bits per heavy atom. The molecule has 0 spiro atoms. The Balaban J connectivity index is 1.93. The van der Waals surface area contributed by atoms with Gasteiger partial charge in [0.05, 0.1) is 25.1 Å². The van der Waals surface area contributed by atoms with E-state index in [4.69, 9.17) is 9.47 Å². The summed E-state index contributed by atoms with van der Waals surface area (Å²) in [7, 11) is 1.39. The van der Waals surface area contributed by atoms with Gasteiger partial charge in [-0.3, -0.25) is 5.43 Å². The van der Waals surface area contributed by atoms with Crippen molar-refractivity contribution in [1.29, 1.82) is 0 Å². The maximum absolute atomic E-state index is 15.1. The molecule has 3 aromatic carbocycles.